The first-order valence-electron chi connectivity index (χ1n) is 9.46. The molecule has 7 nitrogen and oxygen atoms in total. The summed E-state index contributed by atoms with van der Waals surface area (Å²) in [6, 6.07) is 15.9. The number of carbonyl (C=O) groups is 1. The molecule has 0 radical (unpaired) electrons. The standard InChI is InChI=1S/C23H20N6O/c1-17-3-9-21(10-4-17)28-15-19(24-26-28)7-13-23(30)14-8-20-16-29(27-25-20)22-11-5-18(2)6-12-22/h3-16H,1-2H3/b13-7+,14-8+. The van der Waals surface area contributed by atoms with E-state index in [0.29, 0.717) is 11.4 Å². The van der Waals surface area contributed by atoms with Crippen LogP contribution in [0.5, 0.6) is 0 Å². The first-order chi connectivity index (χ1) is 14.6. The Bertz CT molecular complexity index is 1120. The number of allylic oxidation sites excluding steroid dienone is 2. The maximum Gasteiger partial charge on any atom is 0.178 e. The third kappa shape index (κ3) is 4.64. The normalized spacial score (nSPS) is 11.5. The van der Waals surface area contributed by atoms with Crippen molar-refractivity contribution in [3.05, 3.63) is 95.6 Å². The number of nitrogens with zero attached hydrogens (tertiary/aromatic N) is 6. The van der Waals surface area contributed by atoms with Crippen LogP contribution in [0.1, 0.15) is 22.5 Å². The fourth-order valence-corrected chi connectivity index (χ4v) is 2.74. The van der Waals surface area contributed by atoms with Gasteiger partial charge in [-0.3, -0.25) is 4.79 Å². The summed E-state index contributed by atoms with van der Waals surface area (Å²) in [5.74, 6) is -0.176. The van der Waals surface area contributed by atoms with Gasteiger partial charge in [-0.05, 0) is 62.4 Å². The Morgan fingerprint density at radius 2 is 1.10 bits per heavy atom. The van der Waals surface area contributed by atoms with Crippen molar-refractivity contribution in [3.8, 4) is 11.4 Å². The van der Waals surface area contributed by atoms with Crippen LogP contribution < -0.4 is 0 Å². The van der Waals surface area contributed by atoms with Crippen molar-refractivity contribution in [2.24, 2.45) is 0 Å². The van der Waals surface area contributed by atoms with Gasteiger partial charge in [0, 0.05) is 0 Å². The number of rotatable bonds is 6. The molecule has 4 aromatic rings. The maximum atomic E-state index is 12.1. The Balaban J connectivity index is 1.39. The summed E-state index contributed by atoms with van der Waals surface area (Å²) in [5, 5.41) is 16.3. The lowest BCUT2D eigenvalue weighted by Gasteiger charge is -1.99. The molecule has 4 rings (SSSR count). The van der Waals surface area contributed by atoms with E-state index in [1.54, 1.807) is 33.9 Å². The Morgan fingerprint density at radius 3 is 1.50 bits per heavy atom. The summed E-state index contributed by atoms with van der Waals surface area (Å²) in [7, 11) is 0. The molecule has 0 amide bonds. The van der Waals surface area contributed by atoms with Gasteiger partial charge in [0.05, 0.1) is 23.8 Å². The number of hydrogen-bond donors (Lipinski definition) is 0. The fourth-order valence-electron chi connectivity index (χ4n) is 2.74. The highest BCUT2D eigenvalue weighted by Gasteiger charge is 2.02. The highest BCUT2D eigenvalue weighted by Crippen LogP contribution is 2.10. The number of ketones is 1. The van der Waals surface area contributed by atoms with Crippen molar-refractivity contribution in [1.82, 2.24) is 30.0 Å². The van der Waals surface area contributed by atoms with Gasteiger partial charge >= 0.3 is 0 Å². The summed E-state index contributed by atoms with van der Waals surface area (Å²) < 4.78 is 3.34. The molecular formula is C23H20N6O. The third-order valence-corrected chi connectivity index (χ3v) is 4.46. The molecule has 0 aliphatic carbocycles. The lowest BCUT2D eigenvalue weighted by molar-refractivity contribution is -0.110. The lowest BCUT2D eigenvalue weighted by Crippen LogP contribution is -1.94. The predicted octanol–water partition coefficient (Wildman–Crippen LogP) is 3.76. The summed E-state index contributed by atoms with van der Waals surface area (Å²) in [5.41, 5.74) is 5.38. The van der Waals surface area contributed by atoms with Gasteiger partial charge in [0.2, 0.25) is 0 Å². The van der Waals surface area contributed by atoms with Crippen LogP contribution in [0.15, 0.2) is 73.1 Å². The van der Waals surface area contributed by atoms with Gasteiger partial charge in [-0.2, -0.15) is 0 Å². The van der Waals surface area contributed by atoms with Crippen LogP contribution in [0, 0.1) is 13.8 Å². The van der Waals surface area contributed by atoms with Crippen molar-refractivity contribution < 1.29 is 4.79 Å². The monoisotopic (exact) mass is 396 g/mol. The molecule has 2 aromatic heterocycles. The van der Waals surface area contributed by atoms with Crippen LogP contribution >= 0.6 is 0 Å². The minimum Gasteiger partial charge on any atom is -0.290 e. The zero-order valence-corrected chi connectivity index (χ0v) is 16.7. The lowest BCUT2D eigenvalue weighted by atomic mass is 10.2. The number of aromatic nitrogens is 6. The highest BCUT2D eigenvalue weighted by atomic mass is 16.1. The van der Waals surface area contributed by atoms with E-state index in [-0.39, 0.29) is 5.78 Å². The van der Waals surface area contributed by atoms with E-state index >= 15 is 0 Å². The molecule has 0 aliphatic rings. The Hall–Kier alpha value is -4.13. The Morgan fingerprint density at radius 1 is 0.700 bits per heavy atom. The molecule has 0 saturated carbocycles. The van der Waals surface area contributed by atoms with Crippen LogP contribution in [0.2, 0.25) is 0 Å². The molecule has 2 heterocycles. The topological polar surface area (TPSA) is 78.5 Å². The number of aryl methyl sites for hydroxylation is 2. The van der Waals surface area contributed by atoms with E-state index in [9.17, 15) is 4.79 Å². The van der Waals surface area contributed by atoms with Crippen LogP contribution in [0.25, 0.3) is 23.5 Å². The molecule has 7 heteroatoms. The van der Waals surface area contributed by atoms with Gasteiger partial charge in [-0.1, -0.05) is 45.8 Å². The zero-order valence-electron chi connectivity index (χ0n) is 16.7. The highest BCUT2D eigenvalue weighted by molar-refractivity contribution is 6.04. The van der Waals surface area contributed by atoms with Crippen LogP contribution in [-0.4, -0.2) is 35.8 Å². The molecule has 0 N–H and O–H groups in total. The molecule has 0 atom stereocenters. The molecular weight excluding hydrogens is 376 g/mol. The van der Waals surface area contributed by atoms with Gasteiger partial charge in [0.15, 0.2) is 5.78 Å². The first-order valence-corrected chi connectivity index (χ1v) is 9.46. The Kier molecular flexibility index (Phi) is 5.43. The molecule has 30 heavy (non-hydrogen) atoms. The van der Waals surface area contributed by atoms with E-state index in [2.05, 4.69) is 20.6 Å². The quantitative estimate of drug-likeness (QED) is 0.464. The van der Waals surface area contributed by atoms with Crippen molar-refractivity contribution in [3.63, 3.8) is 0 Å². The third-order valence-electron chi connectivity index (χ3n) is 4.46. The molecule has 0 aliphatic heterocycles. The molecule has 0 fully saturated rings. The largest absolute Gasteiger partial charge is 0.290 e. The van der Waals surface area contributed by atoms with Gasteiger partial charge < -0.3 is 0 Å². The van der Waals surface area contributed by atoms with Gasteiger partial charge in [-0.15, -0.1) is 10.2 Å². The van der Waals surface area contributed by atoms with Crippen LogP contribution in [-0.2, 0) is 4.79 Å². The van der Waals surface area contributed by atoms with E-state index in [1.165, 1.54) is 23.3 Å². The molecule has 0 spiro atoms. The first kappa shape index (κ1) is 19.2. The van der Waals surface area contributed by atoms with Gasteiger partial charge in [0.25, 0.3) is 0 Å². The molecule has 0 bridgehead atoms. The van der Waals surface area contributed by atoms with Crippen LogP contribution in [0.4, 0.5) is 0 Å². The number of carbonyl (C=O) groups excluding carboxylic acids is 1. The molecule has 0 saturated heterocycles. The minimum absolute atomic E-state index is 0.176. The van der Waals surface area contributed by atoms with Gasteiger partial charge in [0.1, 0.15) is 11.4 Å². The van der Waals surface area contributed by atoms with E-state index < -0.39 is 0 Å². The van der Waals surface area contributed by atoms with Crippen molar-refractivity contribution >= 4 is 17.9 Å². The Labute approximate surface area is 174 Å². The second kappa shape index (κ2) is 8.48. The summed E-state index contributed by atoms with van der Waals surface area (Å²) >= 11 is 0. The second-order valence-electron chi connectivity index (χ2n) is 6.92. The van der Waals surface area contributed by atoms with Crippen molar-refractivity contribution in [2.75, 3.05) is 0 Å². The van der Waals surface area contributed by atoms with Crippen LogP contribution in [0.3, 0.4) is 0 Å². The summed E-state index contributed by atoms with van der Waals surface area (Å²) in [6.45, 7) is 4.06. The molecule has 0 unspecified atom stereocenters. The summed E-state index contributed by atoms with van der Waals surface area (Å²) in [6.07, 6.45) is 9.70. The fraction of sp³-hybridized carbons (Fsp3) is 0.0870. The second-order valence-corrected chi connectivity index (χ2v) is 6.92. The smallest absolute Gasteiger partial charge is 0.178 e. The van der Waals surface area contributed by atoms with E-state index in [0.717, 1.165) is 11.4 Å². The average molecular weight is 396 g/mol. The predicted molar refractivity (Wildman–Crippen MR) is 115 cm³/mol. The maximum absolute atomic E-state index is 12.1. The average Bonchev–Trinajstić information content (AvgIpc) is 3.42. The minimum atomic E-state index is -0.176. The number of hydrogen-bond acceptors (Lipinski definition) is 5. The molecule has 2 aromatic carbocycles. The van der Waals surface area contributed by atoms with E-state index in [1.807, 2.05) is 62.4 Å². The summed E-state index contributed by atoms with van der Waals surface area (Å²) in [4.78, 5) is 12.1. The van der Waals surface area contributed by atoms with Crippen molar-refractivity contribution in [2.45, 2.75) is 13.8 Å². The number of benzene rings is 2. The SMILES string of the molecule is Cc1ccc(-n2cc(/C=C/C(=O)/C=C/c3cn(-c4ccc(C)cc4)nn3)nn2)cc1. The van der Waals surface area contributed by atoms with Crippen molar-refractivity contribution in [1.29, 1.82) is 0 Å². The zero-order chi connectivity index (χ0) is 20.9. The van der Waals surface area contributed by atoms with Gasteiger partial charge in [-0.25, -0.2) is 9.36 Å². The molecule has 148 valence electrons. The van der Waals surface area contributed by atoms with E-state index in [4.69, 9.17) is 0 Å².